The first-order valence-corrected chi connectivity index (χ1v) is 7.79. The zero-order chi connectivity index (χ0) is 14.5. The number of hydrogen-bond acceptors (Lipinski definition) is 4. The molecule has 2 amide bonds. The minimum absolute atomic E-state index is 0.0560. The summed E-state index contributed by atoms with van der Waals surface area (Å²) >= 11 is 1.82. The van der Waals surface area contributed by atoms with Gasteiger partial charge in [-0.1, -0.05) is 23.9 Å². The number of thioether (sulfide) groups is 2. The Morgan fingerprint density at radius 1 is 1.45 bits per heavy atom. The standard InChI is InChI=1S/C12H12F2N2O2S2/c13-12(14)20-9-4-2-1-3-8(9)15-10(17)5-16-7-19-6-11(16)18/h1-4,12H,5-7H2,(H,15,17). The molecule has 0 bridgehead atoms. The molecule has 0 radical (unpaired) electrons. The lowest BCUT2D eigenvalue weighted by molar-refractivity contribution is -0.130. The molecule has 2 rings (SSSR count). The largest absolute Gasteiger partial charge is 0.324 e. The van der Waals surface area contributed by atoms with E-state index in [1.54, 1.807) is 18.2 Å². The van der Waals surface area contributed by atoms with E-state index in [4.69, 9.17) is 0 Å². The number of anilines is 1. The van der Waals surface area contributed by atoms with Gasteiger partial charge in [-0.2, -0.15) is 8.78 Å². The van der Waals surface area contributed by atoms with Crippen LogP contribution in [0.3, 0.4) is 0 Å². The van der Waals surface area contributed by atoms with Crippen molar-refractivity contribution in [2.24, 2.45) is 0 Å². The van der Waals surface area contributed by atoms with Gasteiger partial charge in [-0.05, 0) is 12.1 Å². The van der Waals surface area contributed by atoms with Crippen LogP contribution in [-0.4, -0.2) is 40.6 Å². The maximum atomic E-state index is 12.4. The lowest BCUT2D eigenvalue weighted by Gasteiger charge is -2.15. The van der Waals surface area contributed by atoms with Crippen LogP contribution in [0.1, 0.15) is 0 Å². The number of alkyl halides is 2. The van der Waals surface area contributed by atoms with Crippen molar-refractivity contribution in [3.63, 3.8) is 0 Å². The summed E-state index contributed by atoms with van der Waals surface area (Å²) in [7, 11) is 0. The fourth-order valence-corrected chi connectivity index (χ4v) is 3.17. The molecule has 1 saturated heterocycles. The van der Waals surface area contributed by atoms with Crippen LogP contribution in [0.25, 0.3) is 0 Å². The van der Waals surface area contributed by atoms with Gasteiger partial charge in [0.2, 0.25) is 11.8 Å². The van der Waals surface area contributed by atoms with Gasteiger partial charge in [-0.25, -0.2) is 0 Å². The summed E-state index contributed by atoms with van der Waals surface area (Å²) in [6.07, 6.45) is 0. The van der Waals surface area contributed by atoms with Gasteiger partial charge < -0.3 is 10.2 Å². The van der Waals surface area contributed by atoms with Crippen molar-refractivity contribution >= 4 is 41.0 Å². The van der Waals surface area contributed by atoms with Crippen molar-refractivity contribution in [3.05, 3.63) is 24.3 Å². The van der Waals surface area contributed by atoms with E-state index in [-0.39, 0.29) is 18.4 Å². The van der Waals surface area contributed by atoms with Crippen LogP contribution in [0.2, 0.25) is 0 Å². The number of nitrogens with zero attached hydrogens (tertiary/aromatic N) is 1. The van der Waals surface area contributed by atoms with E-state index >= 15 is 0 Å². The first-order valence-electron chi connectivity index (χ1n) is 5.75. The molecule has 8 heteroatoms. The van der Waals surface area contributed by atoms with Gasteiger partial charge in [0.05, 0.1) is 17.3 Å². The third-order valence-electron chi connectivity index (χ3n) is 2.54. The lowest BCUT2D eigenvalue weighted by atomic mass is 10.3. The van der Waals surface area contributed by atoms with E-state index in [0.29, 0.717) is 34.0 Å². The fraction of sp³-hybridized carbons (Fsp3) is 0.333. The summed E-state index contributed by atoms with van der Waals surface area (Å²) in [5.74, 6) is -2.15. The van der Waals surface area contributed by atoms with E-state index in [0.717, 1.165) is 0 Å². The molecule has 0 aromatic heterocycles. The van der Waals surface area contributed by atoms with Crippen LogP contribution in [0.15, 0.2) is 29.2 Å². The highest BCUT2D eigenvalue weighted by Gasteiger charge is 2.23. The number of para-hydroxylation sites is 1. The Hall–Kier alpha value is -1.28. The molecule has 1 aliphatic heterocycles. The SMILES string of the molecule is O=C(CN1CSCC1=O)Nc1ccccc1SC(F)F. The molecule has 1 aliphatic rings. The number of benzene rings is 1. The predicted octanol–water partition coefficient (Wildman–Crippen LogP) is 2.47. The van der Waals surface area contributed by atoms with Gasteiger partial charge in [0.1, 0.15) is 6.54 Å². The molecule has 4 nitrogen and oxygen atoms in total. The second-order valence-corrected chi connectivity index (χ2v) is 5.98. The summed E-state index contributed by atoms with van der Waals surface area (Å²) in [6.45, 7) is -0.0560. The Balaban J connectivity index is 1.98. The number of carbonyl (C=O) groups excluding carboxylic acids is 2. The molecule has 0 aliphatic carbocycles. The molecule has 0 atom stereocenters. The minimum atomic E-state index is -2.55. The lowest BCUT2D eigenvalue weighted by Crippen LogP contribution is -2.34. The van der Waals surface area contributed by atoms with Gasteiger partial charge in [-0.3, -0.25) is 9.59 Å². The quantitative estimate of drug-likeness (QED) is 0.848. The molecular weight excluding hydrogens is 306 g/mol. The fourth-order valence-electron chi connectivity index (χ4n) is 1.67. The molecule has 1 aromatic rings. The Bertz CT molecular complexity index is 514. The topological polar surface area (TPSA) is 49.4 Å². The van der Waals surface area contributed by atoms with Crippen LogP contribution < -0.4 is 5.32 Å². The molecule has 1 heterocycles. The smallest absolute Gasteiger partial charge is 0.288 e. The molecule has 20 heavy (non-hydrogen) atoms. The number of rotatable bonds is 5. The van der Waals surface area contributed by atoms with Crippen LogP contribution in [0.4, 0.5) is 14.5 Å². The normalized spacial score (nSPS) is 14.9. The summed E-state index contributed by atoms with van der Waals surface area (Å²) in [6, 6.07) is 6.36. The van der Waals surface area contributed by atoms with Crippen molar-refractivity contribution in [1.82, 2.24) is 4.90 Å². The monoisotopic (exact) mass is 318 g/mol. The summed E-state index contributed by atoms with van der Waals surface area (Å²) < 4.78 is 24.8. The average Bonchev–Trinajstić information content (AvgIpc) is 2.77. The second kappa shape index (κ2) is 6.94. The third-order valence-corrected chi connectivity index (χ3v) is 4.27. The van der Waals surface area contributed by atoms with E-state index in [1.807, 2.05) is 0 Å². The molecule has 1 aromatic carbocycles. The van der Waals surface area contributed by atoms with Gasteiger partial charge in [0.15, 0.2) is 0 Å². The molecule has 1 fully saturated rings. The highest BCUT2D eigenvalue weighted by molar-refractivity contribution is 8.00. The summed E-state index contributed by atoms with van der Waals surface area (Å²) in [5, 5.41) is 2.57. The molecule has 0 saturated carbocycles. The van der Waals surface area contributed by atoms with E-state index < -0.39 is 5.76 Å². The van der Waals surface area contributed by atoms with E-state index in [2.05, 4.69) is 5.32 Å². The van der Waals surface area contributed by atoms with Gasteiger partial charge >= 0.3 is 0 Å². The van der Waals surface area contributed by atoms with Crippen molar-refractivity contribution in [1.29, 1.82) is 0 Å². The van der Waals surface area contributed by atoms with Crippen molar-refractivity contribution in [3.8, 4) is 0 Å². The Labute approximate surface area is 123 Å². The third kappa shape index (κ3) is 4.11. The van der Waals surface area contributed by atoms with Crippen LogP contribution in [0, 0.1) is 0 Å². The molecule has 0 unspecified atom stereocenters. The molecule has 1 N–H and O–H groups in total. The van der Waals surface area contributed by atoms with Crippen molar-refractivity contribution in [2.45, 2.75) is 10.7 Å². The summed E-state index contributed by atoms with van der Waals surface area (Å²) in [4.78, 5) is 25.0. The zero-order valence-corrected chi connectivity index (χ0v) is 12.0. The Morgan fingerprint density at radius 3 is 2.85 bits per heavy atom. The van der Waals surface area contributed by atoms with Crippen molar-refractivity contribution in [2.75, 3.05) is 23.5 Å². The predicted molar refractivity (Wildman–Crippen MR) is 76.0 cm³/mol. The van der Waals surface area contributed by atoms with Gasteiger partial charge in [-0.15, -0.1) is 11.8 Å². The Morgan fingerprint density at radius 2 is 2.20 bits per heavy atom. The van der Waals surface area contributed by atoms with Crippen molar-refractivity contribution < 1.29 is 18.4 Å². The first kappa shape index (κ1) is 15.1. The van der Waals surface area contributed by atoms with Crippen LogP contribution in [-0.2, 0) is 9.59 Å². The number of nitrogens with one attached hydrogen (secondary N) is 1. The first-order chi connectivity index (χ1) is 9.56. The van der Waals surface area contributed by atoms with Gasteiger partial charge in [0, 0.05) is 4.90 Å². The number of carbonyl (C=O) groups is 2. The average molecular weight is 318 g/mol. The maximum Gasteiger partial charge on any atom is 0.288 e. The number of amides is 2. The van der Waals surface area contributed by atoms with E-state index in [1.165, 1.54) is 22.7 Å². The Kier molecular flexibility index (Phi) is 5.24. The van der Waals surface area contributed by atoms with Crippen LogP contribution >= 0.6 is 23.5 Å². The molecular formula is C12H12F2N2O2S2. The van der Waals surface area contributed by atoms with Crippen LogP contribution in [0.5, 0.6) is 0 Å². The minimum Gasteiger partial charge on any atom is -0.324 e. The van der Waals surface area contributed by atoms with Gasteiger partial charge in [0.25, 0.3) is 5.76 Å². The number of hydrogen-bond donors (Lipinski definition) is 1. The number of halogens is 2. The van der Waals surface area contributed by atoms with E-state index in [9.17, 15) is 18.4 Å². The second-order valence-electron chi connectivity index (χ2n) is 3.99. The highest BCUT2D eigenvalue weighted by Crippen LogP contribution is 2.31. The maximum absolute atomic E-state index is 12.4. The summed E-state index contributed by atoms with van der Waals surface area (Å²) in [5.41, 5.74) is 0.335. The highest BCUT2D eigenvalue weighted by atomic mass is 32.2. The molecule has 0 spiro atoms. The molecule has 108 valence electrons. The zero-order valence-electron chi connectivity index (χ0n) is 10.3.